The summed E-state index contributed by atoms with van der Waals surface area (Å²) in [5, 5.41) is 24.2. The fourth-order valence-corrected chi connectivity index (χ4v) is 3.42. The first kappa shape index (κ1) is 15.7. The molecule has 4 N–H and O–H groups in total. The molecule has 0 saturated carbocycles. The number of aromatic hydroxyl groups is 1. The van der Waals surface area contributed by atoms with Crippen LogP contribution in [0.2, 0.25) is 0 Å². The van der Waals surface area contributed by atoms with Gasteiger partial charge in [-0.1, -0.05) is 12.1 Å². The minimum atomic E-state index is -0.330. The zero-order chi connectivity index (χ0) is 17.2. The normalized spacial score (nSPS) is 15.4. The Morgan fingerprint density at radius 3 is 2.80 bits per heavy atom. The van der Waals surface area contributed by atoms with Crippen molar-refractivity contribution in [1.29, 1.82) is 0 Å². The number of hydrogen-bond donors (Lipinski definition) is 4. The van der Waals surface area contributed by atoms with Crippen molar-refractivity contribution in [2.45, 2.75) is 18.8 Å². The number of fused-ring (bicyclic) bond motifs is 1. The third-order valence-corrected chi connectivity index (χ3v) is 4.79. The van der Waals surface area contributed by atoms with Gasteiger partial charge in [0.15, 0.2) is 0 Å². The Hall–Kier alpha value is -2.86. The van der Waals surface area contributed by atoms with Crippen molar-refractivity contribution in [2.24, 2.45) is 0 Å². The summed E-state index contributed by atoms with van der Waals surface area (Å²) in [5.74, 6) is 0.107. The van der Waals surface area contributed by atoms with E-state index >= 15 is 0 Å². The van der Waals surface area contributed by atoms with Crippen molar-refractivity contribution < 1.29 is 9.90 Å². The predicted octanol–water partition coefficient (Wildman–Crippen LogP) is 2.99. The maximum absolute atomic E-state index is 12.6. The number of aromatic nitrogens is 2. The molecule has 0 unspecified atom stereocenters. The van der Waals surface area contributed by atoms with Gasteiger partial charge in [-0.3, -0.25) is 9.89 Å². The molecule has 1 aromatic heterocycles. The lowest BCUT2D eigenvalue weighted by Crippen LogP contribution is -2.26. The first-order valence-corrected chi connectivity index (χ1v) is 8.49. The van der Waals surface area contributed by atoms with Gasteiger partial charge in [-0.15, -0.1) is 0 Å². The second-order valence-electron chi connectivity index (χ2n) is 6.40. The van der Waals surface area contributed by atoms with Gasteiger partial charge in [-0.2, -0.15) is 5.10 Å². The van der Waals surface area contributed by atoms with Crippen molar-refractivity contribution in [2.75, 3.05) is 18.4 Å². The Bertz CT molecular complexity index is 913. The van der Waals surface area contributed by atoms with Gasteiger partial charge in [0.25, 0.3) is 5.91 Å². The lowest BCUT2D eigenvalue weighted by molar-refractivity contribution is 0.102. The molecule has 2 heterocycles. The molecule has 1 amide bonds. The number of hydrogen-bond acceptors (Lipinski definition) is 4. The van der Waals surface area contributed by atoms with Gasteiger partial charge in [0.05, 0.1) is 23.0 Å². The van der Waals surface area contributed by atoms with E-state index in [0.29, 0.717) is 11.6 Å². The van der Waals surface area contributed by atoms with E-state index in [1.54, 1.807) is 24.4 Å². The zero-order valence-electron chi connectivity index (χ0n) is 13.7. The van der Waals surface area contributed by atoms with Gasteiger partial charge in [-0.05, 0) is 61.7 Å². The molecule has 4 rings (SSSR count). The molecule has 1 aliphatic heterocycles. The van der Waals surface area contributed by atoms with E-state index in [0.717, 1.165) is 36.8 Å². The molecule has 0 atom stereocenters. The highest BCUT2D eigenvalue weighted by molar-refractivity contribution is 6.10. The minimum absolute atomic E-state index is 0.0297. The summed E-state index contributed by atoms with van der Waals surface area (Å²) in [6.45, 7) is 2.01. The maximum Gasteiger partial charge on any atom is 0.259 e. The Kier molecular flexibility index (Phi) is 4.11. The number of carbonyl (C=O) groups is 1. The summed E-state index contributed by atoms with van der Waals surface area (Å²) in [4.78, 5) is 12.6. The highest BCUT2D eigenvalue weighted by atomic mass is 16.3. The van der Waals surface area contributed by atoms with Crippen LogP contribution in [0.15, 0.2) is 42.6 Å². The van der Waals surface area contributed by atoms with Crippen LogP contribution in [0.1, 0.15) is 34.7 Å². The minimum Gasteiger partial charge on any atom is -0.507 e. The number of phenols is 1. The summed E-state index contributed by atoms with van der Waals surface area (Å²) in [7, 11) is 0. The number of rotatable bonds is 3. The lowest BCUT2D eigenvalue weighted by atomic mass is 9.89. The summed E-state index contributed by atoms with van der Waals surface area (Å²) in [5.41, 5.74) is 3.08. The summed E-state index contributed by atoms with van der Waals surface area (Å²) >= 11 is 0. The van der Waals surface area contributed by atoms with Crippen LogP contribution in [0.5, 0.6) is 5.75 Å². The standard InChI is InChI=1S/C19H20N4O2/c24-18-4-2-1-3-14(18)19(25)22-16-9-13(12-5-7-20-8-6-12)10-17-15(16)11-21-23-17/h1-4,9-12,20,24H,5-8H2,(H,21,23)(H,22,25). The van der Waals surface area contributed by atoms with Gasteiger partial charge in [0, 0.05) is 5.39 Å². The van der Waals surface area contributed by atoms with Gasteiger partial charge < -0.3 is 15.7 Å². The molecule has 0 bridgehead atoms. The molecular formula is C19H20N4O2. The zero-order valence-corrected chi connectivity index (χ0v) is 13.7. The third kappa shape index (κ3) is 3.08. The molecular weight excluding hydrogens is 316 g/mol. The van der Waals surface area contributed by atoms with Crippen molar-refractivity contribution in [3.8, 4) is 5.75 Å². The number of anilines is 1. The molecule has 25 heavy (non-hydrogen) atoms. The first-order chi connectivity index (χ1) is 12.2. The molecule has 0 aliphatic carbocycles. The van der Waals surface area contributed by atoms with Crippen molar-refractivity contribution >= 4 is 22.5 Å². The number of nitrogens with one attached hydrogen (secondary N) is 3. The molecule has 1 saturated heterocycles. The molecule has 1 aliphatic rings. The second-order valence-corrected chi connectivity index (χ2v) is 6.40. The van der Waals surface area contributed by atoms with E-state index < -0.39 is 0 Å². The van der Waals surface area contributed by atoms with Crippen LogP contribution in [-0.2, 0) is 0 Å². The lowest BCUT2D eigenvalue weighted by Gasteiger charge is -2.23. The number of H-pyrrole nitrogens is 1. The van der Waals surface area contributed by atoms with Crippen molar-refractivity contribution in [3.63, 3.8) is 0 Å². The fraction of sp³-hybridized carbons (Fsp3) is 0.263. The van der Waals surface area contributed by atoms with E-state index in [1.807, 2.05) is 6.07 Å². The quantitative estimate of drug-likeness (QED) is 0.592. The SMILES string of the molecule is O=C(Nc1cc(C2CCNCC2)cc2[nH]ncc12)c1ccccc1O. The Morgan fingerprint density at radius 1 is 1.20 bits per heavy atom. The van der Waals surface area contributed by atoms with Crippen LogP contribution in [0.3, 0.4) is 0 Å². The van der Waals surface area contributed by atoms with Gasteiger partial charge in [0.1, 0.15) is 5.75 Å². The van der Waals surface area contributed by atoms with Crippen LogP contribution in [0, 0.1) is 0 Å². The summed E-state index contributed by atoms with van der Waals surface area (Å²) in [6.07, 6.45) is 3.86. The molecule has 0 spiro atoms. The first-order valence-electron chi connectivity index (χ1n) is 8.49. The van der Waals surface area contributed by atoms with E-state index in [-0.39, 0.29) is 17.2 Å². The van der Waals surface area contributed by atoms with Gasteiger partial charge in [0.2, 0.25) is 0 Å². The van der Waals surface area contributed by atoms with Crippen LogP contribution < -0.4 is 10.6 Å². The van der Waals surface area contributed by atoms with Crippen LogP contribution in [0.4, 0.5) is 5.69 Å². The van der Waals surface area contributed by atoms with E-state index in [9.17, 15) is 9.90 Å². The molecule has 3 aromatic rings. The fourth-order valence-electron chi connectivity index (χ4n) is 3.42. The number of phenolic OH excluding ortho intramolecular Hbond substituents is 1. The van der Waals surface area contributed by atoms with Gasteiger partial charge in [-0.25, -0.2) is 0 Å². The predicted molar refractivity (Wildman–Crippen MR) is 97.0 cm³/mol. The largest absolute Gasteiger partial charge is 0.507 e. The number of para-hydroxylation sites is 1. The highest BCUT2D eigenvalue weighted by Gasteiger charge is 2.19. The molecule has 6 nitrogen and oxygen atoms in total. The average Bonchev–Trinajstić information content (AvgIpc) is 3.11. The van der Waals surface area contributed by atoms with Crippen LogP contribution in [-0.4, -0.2) is 34.3 Å². The van der Waals surface area contributed by atoms with Gasteiger partial charge >= 0.3 is 0 Å². The smallest absolute Gasteiger partial charge is 0.259 e. The number of carbonyl (C=O) groups excluding carboxylic acids is 1. The molecule has 1 fully saturated rings. The number of amides is 1. The van der Waals surface area contributed by atoms with Crippen LogP contribution in [0.25, 0.3) is 10.9 Å². The Labute approximate surface area is 145 Å². The Balaban J connectivity index is 1.69. The monoisotopic (exact) mass is 336 g/mol. The third-order valence-electron chi connectivity index (χ3n) is 4.79. The average molecular weight is 336 g/mol. The maximum atomic E-state index is 12.6. The Morgan fingerprint density at radius 2 is 2.00 bits per heavy atom. The van der Waals surface area contributed by atoms with Crippen LogP contribution >= 0.6 is 0 Å². The van der Waals surface area contributed by atoms with E-state index in [4.69, 9.17) is 0 Å². The second kappa shape index (κ2) is 6.57. The topological polar surface area (TPSA) is 90.0 Å². The molecule has 2 aromatic carbocycles. The summed E-state index contributed by atoms with van der Waals surface area (Å²) in [6, 6.07) is 10.7. The molecule has 128 valence electrons. The highest BCUT2D eigenvalue weighted by Crippen LogP contribution is 2.32. The number of nitrogens with zero attached hydrogens (tertiary/aromatic N) is 1. The number of piperidine rings is 1. The van der Waals surface area contributed by atoms with Crippen molar-refractivity contribution in [1.82, 2.24) is 15.5 Å². The number of aromatic amines is 1. The van der Waals surface area contributed by atoms with Crippen molar-refractivity contribution in [3.05, 3.63) is 53.7 Å². The molecule has 6 heteroatoms. The van der Waals surface area contributed by atoms with E-state index in [2.05, 4.69) is 26.9 Å². The number of benzene rings is 2. The summed E-state index contributed by atoms with van der Waals surface area (Å²) < 4.78 is 0. The van der Waals surface area contributed by atoms with E-state index in [1.165, 1.54) is 11.6 Å². The molecule has 0 radical (unpaired) electrons.